The van der Waals surface area contributed by atoms with Gasteiger partial charge in [-0.1, -0.05) is 37.6 Å². The molecule has 0 saturated heterocycles. The zero-order chi connectivity index (χ0) is 19.6. The molecular weight excluding hydrogens is 345 g/mol. The number of carbonyl (C=O) groups excluding carboxylic acids is 1. The molecule has 27 heavy (non-hydrogen) atoms. The van der Waals surface area contributed by atoms with Crippen molar-refractivity contribution in [1.29, 1.82) is 0 Å². The molecule has 5 nitrogen and oxygen atoms in total. The van der Waals surface area contributed by atoms with Crippen molar-refractivity contribution in [2.75, 3.05) is 0 Å². The van der Waals surface area contributed by atoms with E-state index in [2.05, 4.69) is 10.3 Å². The summed E-state index contributed by atoms with van der Waals surface area (Å²) in [6, 6.07) is 11.2. The molecule has 3 aromatic rings. The summed E-state index contributed by atoms with van der Waals surface area (Å²) in [5.41, 5.74) is 2.13. The Balaban J connectivity index is 1.82. The Hall–Kier alpha value is -3.02. The highest BCUT2D eigenvalue weighted by Crippen LogP contribution is 2.22. The summed E-state index contributed by atoms with van der Waals surface area (Å²) in [5.74, 6) is -0.515. The predicted molar refractivity (Wildman–Crippen MR) is 103 cm³/mol. The molecule has 2 aromatic carbocycles. The Bertz CT molecular complexity index is 1030. The highest BCUT2D eigenvalue weighted by Gasteiger charge is 2.19. The first kappa shape index (κ1) is 18.8. The van der Waals surface area contributed by atoms with E-state index in [1.165, 1.54) is 23.0 Å². The second kappa shape index (κ2) is 7.70. The van der Waals surface area contributed by atoms with Crippen molar-refractivity contribution in [3.8, 4) is 0 Å². The number of nitrogens with zero attached hydrogens (tertiary/aromatic N) is 2. The summed E-state index contributed by atoms with van der Waals surface area (Å²) in [5, 5.41) is 3.43. The smallest absolute Gasteiger partial charge is 0.261 e. The lowest BCUT2D eigenvalue weighted by Crippen LogP contribution is -2.36. The standard InChI is InChI=1S/C21H22FN3O2/c1-13(2)20(15-5-7-16(22)8-6-15)24-19(26)11-25-12-23-18-9-4-14(3)10-17(18)21(25)27/h4-10,12-13,20H,11H2,1-3H3,(H,24,26). The summed E-state index contributed by atoms with van der Waals surface area (Å²) in [4.78, 5) is 29.5. The topological polar surface area (TPSA) is 64.0 Å². The second-order valence-electron chi connectivity index (χ2n) is 7.04. The van der Waals surface area contributed by atoms with Crippen molar-refractivity contribution in [2.45, 2.75) is 33.4 Å². The van der Waals surface area contributed by atoms with E-state index in [1.807, 2.05) is 26.8 Å². The van der Waals surface area contributed by atoms with Crippen molar-refractivity contribution in [1.82, 2.24) is 14.9 Å². The minimum atomic E-state index is -0.323. The van der Waals surface area contributed by atoms with E-state index >= 15 is 0 Å². The van der Waals surface area contributed by atoms with Crippen LogP contribution >= 0.6 is 0 Å². The number of benzene rings is 2. The highest BCUT2D eigenvalue weighted by atomic mass is 19.1. The lowest BCUT2D eigenvalue weighted by atomic mass is 9.96. The van der Waals surface area contributed by atoms with Crippen molar-refractivity contribution < 1.29 is 9.18 Å². The maximum atomic E-state index is 13.2. The third-order valence-corrected chi connectivity index (χ3v) is 4.51. The predicted octanol–water partition coefficient (Wildman–Crippen LogP) is 3.36. The Labute approximate surface area is 156 Å². The quantitative estimate of drug-likeness (QED) is 0.752. The van der Waals surface area contributed by atoms with Crippen LogP contribution in [0.3, 0.4) is 0 Å². The molecule has 0 saturated carbocycles. The van der Waals surface area contributed by atoms with Crippen LogP contribution in [0.4, 0.5) is 4.39 Å². The first-order valence-corrected chi connectivity index (χ1v) is 8.86. The summed E-state index contributed by atoms with van der Waals surface area (Å²) < 4.78 is 14.5. The number of hydrogen-bond donors (Lipinski definition) is 1. The Kier molecular flexibility index (Phi) is 5.35. The number of hydrogen-bond acceptors (Lipinski definition) is 3. The molecule has 1 aromatic heterocycles. The molecule has 1 amide bonds. The van der Waals surface area contributed by atoms with Gasteiger partial charge in [0.15, 0.2) is 0 Å². The van der Waals surface area contributed by atoms with Gasteiger partial charge >= 0.3 is 0 Å². The second-order valence-corrected chi connectivity index (χ2v) is 7.04. The average Bonchev–Trinajstić information content (AvgIpc) is 2.63. The van der Waals surface area contributed by atoms with E-state index in [0.717, 1.165) is 11.1 Å². The van der Waals surface area contributed by atoms with Gasteiger partial charge in [0, 0.05) is 0 Å². The van der Waals surface area contributed by atoms with Crippen LogP contribution < -0.4 is 10.9 Å². The van der Waals surface area contributed by atoms with Crippen molar-refractivity contribution in [2.24, 2.45) is 5.92 Å². The normalized spacial score (nSPS) is 12.3. The van der Waals surface area contributed by atoms with Gasteiger partial charge in [0.25, 0.3) is 5.56 Å². The number of aryl methyl sites for hydroxylation is 1. The largest absolute Gasteiger partial charge is 0.347 e. The zero-order valence-electron chi connectivity index (χ0n) is 15.6. The molecule has 0 spiro atoms. The minimum Gasteiger partial charge on any atom is -0.347 e. The minimum absolute atomic E-state index is 0.105. The van der Waals surface area contributed by atoms with Crippen molar-refractivity contribution in [3.63, 3.8) is 0 Å². The van der Waals surface area contributed by atoms with Gasteiger partial charge in [-0.3, -0.25) is 14.2 Å². The highest BCUT2D eigenvalue weighted by molar-refractivity contribution is 5.79. The summed E-state index contributed by atoms with van der Waals surface area (Å²) in [7, 11) is 0. The lowest BCUT2D eigenvalue weighted by molar-refractivity contribution is -0.122. The third-order valence-electron chi connectivity index (χ3n) is 4.51. The van der Waals surface area contributed by atoms with E-state index in [9.17, 15) is 14.0 Å². The van der Waals surface area contributed by atoms with Crippen LogP contribution in [0.15, 0.2) is 53.6 Å². The van der Waals surface area contributed by atoms with Crippen LogP contribution in [0.25, 0.3) is 10.9 Å². The van der Waals surface area contributed by atoms with Gasteiger partial charge in [-0.25, -0.2) is 9.37 Å². The van der Waals surface area contributed by atoms with Crippen LogP contribution in [0, 0.1) is 18.7 Å². The monoisotopic (exact) mass is 367 g/mol. The van der Waals surface area contributed by atoms with Crippen molar-refractivity contribution >= 4 is 16.8 Å². The number of amides is 1. The fraction of sp³-hybridized carbons (Fsp3) is 0.286. The van der Waals surface area contributed by atoms with Gasteiger partial charge in [-0.2, -0.15) is 0 Å². The fourth-order valence-electron chi connectivity index (χ4n) is 3.06. The van der Waals surface area contributed by atoms with Crippen LogP contribution in [-0.2, 0) is 11.3 Å². The first-order valence-electron chi connectivity index (χ1n) is 8.86. The van der Waals surface area contributed by atoms with Crippen LogP contribution in [0.1, 0.15) is 31.0 Å². The summed E-state index contributed by atoms with van der Waals surface area (Å²) >= 11 is 0. The van der Waals surface area contributed by atoms with E-state index in [4.69, 9.17) is 0 Å². The summed E-state index contributed by atoms with van der Waals surface area (Å²) in [6.07, 6.45) is 1.39. The molecule has 0 aliphatic heterocycles. The molecule has 0 radical (unpaired) electrons. The van der Waals surface area contributed by atoms with Gasteiger partial charge in [0.1, 0.15) is 12.4 Å². The van der Waals surface area contributed by atoms with Gasteiger partial charge in [0.2, 0.25) is 5.91 Å². The van der Waals surface area contributed by atoms with Crippen LogP contribution in [0.5, 0.6) is 0 Å². The zero-order valence-corrected chi connectivity index (χ0v) is 15.6. The maximum absolute atomic E-state index is 13.2. The van der Waals surface area contributed by atoms with Gasteiger partial charge in [-0.15, -0.1) is 0 Å². The molecule has 140 valence electrons. The number of nitrogens with one attached hydrogen (secondary N) is 1. The van der Waals surface area contributed by atoms with Gasteiger partial charge in [0.05, 0.1) is 23.3 Å². The lowest BCUT2D eigenvalue weighted by Gasteiger charge is -2.23. The van der Waals surface area contributed by atoms with E-state index in [1.54, 1.807) is 24.3 Å². The molecule has 0 fully saturated rings. The Morgan fingerprint density at radius 1 is 1.19 bits per heavy atom. The molecule has 0 bridgehead atoms. The molecule has 6 heteroatoms. The Morgan fingerprint density at radius 2 is 1.89 bits per heavy atom. The molecule has 1 atom stereocenters. The molecule has 1 N–H and O–H groups in total. The SMILES string of the molecule is Cc1ccc2ncn(CC(=O)NC(c3ccc(F)cc3)C(C)C)c(=O)c2c1. The van der Waals surface area contributed by atoms with Crippen LogP contribution in [0.2, 0.25) is 0 Å². The van der Waals surface area contributed by atoms with Crippen LogP contribution in [-0.4, -0.2) is 15.5 Å². The van der Waals surface area contributed by atoms with Gasteiger partial charge in [-0.05, 0) is 42.7 Å². The third kappa shape index (κ3) is 4.22. The molecular formula is C21H22FN3O2. The molecule has 1 unspecified atom stereocenters. The first-order chi connectivity index (χ1) is 12.8. The fourth-order valence-corrected chi connectivity index (χ4v) is 3.06. The van der Waals surface area contributed by atoms with E-state index in [-0.39, 0.29) is 35.8 Å². The number of fused-ring (bicyclic) bond motifs is 1. The maximum Gasteiger partial charge on any atom is 0.261 e. The number of rotatable bonds is 5. The van der Waals surface area contributed by atoms with E-state index < -0.39 is 0 Å². The molecule has 1 heterocycles. The molecule has 0 aliphatic carbocycles. The number of carbonyl (C=O) groups is 1. The molecule has 0 aliphatic rings. The van der Waals surface area contributed by atoms with E-state index in [0.29, 0.717) is 10.9 Å². The average molecular weight is 367 g/mol. The number of halogens is 1. The van der Waals surface area contributed by atoms with Crippen molar-refractivity contribution in [3.05, 3.63) is 76.1 Å². The Morgan fingerprint density at radius 3 is 2.56 bits per heavy atom. The molecule has 3 rings (SSSR count). The summed E-state index contributed by atoms with van der Waals surface area (Å²) in [6.45, 7) is 5.72. The van der Waals surface area contributed by atoms with Gasteiger partial charge < -0.3 is 5.32 Å². The number of aromatic nitrogens is 2.